The Morgan fingerprint density at radius 2 is 2.30 bits per heavy atom. The van der Waals surface area contributed by atoms with Crippen molar-refractivity contribution in [2.24, 2.45) is 7.05 Å². The summed E-state index contributed by atoms with van der Waals surface area (Å²) in [7, 11) is 1.40. The van der Waals surface area contributed by atoms with Gasteiger partial charge in [0.2, 0.25) is 5.88 Å². The molecule has 54 valence electrons. The predicted octanol–water partition coefficient (Wildman–Crippen LogP) is -0.0351. The van der Waals surface area contributed by atoms with Crippen molar-refractivity contribution in [3.8, 4) is 5.88 Å². The van der Waals surface area contributed by atoms with Gasteiger partial charge in [-0.05, 0) is 0 Å². The summed E-state index contributed by atoms with van der Waals surface area (Å²) in [5.74, 6) is -0.259. The van der Waals surface area contributed by atoms with Crippen LogP contribution >= 0.6 is 11.3 Å². The second-order valence-electron chi connectivity index (χ2n) is 1.73. The molecule has 1 aromatic heterocycles. The first kappa shape index (κ1) is 7.01. The Morgan fingerprint density at radius 3 is 2.50 bits per heavy atom. The van der Waals surface area contributed by atoms with Crippen LogP contribution in [0, 0.1) is 0 Å². The monoisotopic (exact) mass is 159 g/mol. The van der Waals surface area contributed by atoms with Gasteiger partial charge in [0, 0.05) is 7.05 Å². The van der Waals surface area contributed by atoms with Gasteiger partial charge in [0.25, 0.3) is 0 Å². The molecule has 0 saturated carbocycles. The number of aromatic nitrogens is 1. The Bertz CT molecular complexity index is 311. The maximum Gasteiger partial charge on any atom is 0.310 e. The van der Waals surface area contributed by atoms with Gasteiger partial charge in [-0.25, -0.2) is 0 Å². The maximum absolute atomic E-state index is 10.7. The lowest BCUT2D eigenvalue weighted by atomic mass is 10.6. The summed E-state index contributed by atoms with van der Waals surface area (Å²) in [6, 6.07) is 0. The van der Waals surface area contributed by atoms with Crippen molar-refractivity contribution in [1.82, 2.24) is 4.57 Å². The zero-order chi connectivity index (χ0) is 7.72. The van der Waals surface area contributed by atoms with Gasteiger partial charge in [0.05, 0.1) is 0 Å². The zero-order valence-corrected chi connectivity index (χ0v) is 6.01. The summed E-state index contributed by atoms with van der Waals surface area (Å²) >= 11 is 0.730. The van der Waals surface area contributed by atoms with Gasteiger partial charge >= 0.3 is 4.87 Å². The Kier molecular flexibility index (Phi) is 1.58. The van der Waals surface area contributed by atoms with E-state index in [0.717, 1.165) is 15.9 Å². The van der Waals surface area contributed by atoms with Crippen LogP contribution < -0.4 is 4.87 Å². The highest BCUT2D eigenvalue weighted by Crippen LogP contribution is 2.14. The fraction of sp³-hybridized carbons (Fsp3) is 0.200. The standard InChI is InChI=1S/C5H5NO3S/c1-6-4(8)3(2-7)10-5(6)9/h2,8H,1H3. The number of carbonyl (C=O) groups excluding carboxylic acids is 1. The summed E-state index contributed by atoms with van der Waals surface area (Å²) in [5, 5.41) is 8.96. The van der Waals surface area contributed by atoms with Crippen LogP contribution in [0.1, 0.15) is 9.67 Å². The highest BCUT2D eigenvalue weighted by molar-refractivity contribution is 7.11. The van der Waals surface area contributed by atoms with Crippen LogP contribution in [0.3, 0.4) is 0 Å². The van der Waals surface area contributed by atoms with Crippen molar-refractivity contribution < 1.29 is 9.90 Å². The number of carbonyl (C=O) groups is 1. The highest BCUT2D eigenvalue weighted by atomic mass is 32.1. The second-order valence-corrected chi connectivity index (χ2v) is 2.73. The first-order valence-corrected chi connectivity index (χ1v) is 3.32. The summed E-state index contributed by atoms with van der Waals surface area (Å²) in [4.78, 5) is 20.5. The number of aldehydes is 1. The number of thiazole rings is 1. The summed E-state index contributed by atoms with van der Waals surface area (Å²) < 4.78 is 1.02. The molecule has 0 bridgehead atoms. The van der Waals surface area contributed by atoms with E-state index < -0.39 is 0 Å². The van der Waals surface area contributed by atoms with Gasteiger partial charge in [-0.2, -0.15) is 0 Å². The fourth-order valence-corrected chi connectivity index (χ4v) is 1.22. The first-order chi connectivity index (χ1) is 4.66. The first-order valence-electron chi connectivity index (χ1n) is 2.50. The molecule has 0 aliphatic heterocycles. The number of aromatic hydroxyl groups is 1. The Balaban J connectivity index is 3.45. The topological polar surface area (TPSA) is 59.3 Å². The van der Waals surface area contributed by atoms with E-state index in [-0.39, 0.29) is 15.6 Å². The van der Waals surface area contributed by atoms with Crippen molar-refractivity contribution in [2.45, 2.75) is 0 Å². The molecule has 0 aliphatic rings. The van der Waals surface area contributed by atoms with Crippen molar-refractivity contribution in [3.63, 3.8) is 0 Å². The van der Waals surface area contributed by atoms with E-state index in [1.807, 2.05) is 0 Å². The molecule has 0 aromatic carbocycles. The van der Waals surface area contributed by atoms with Crippen LogP contribution in [0.15, 0.2) is 4.79 Å². The molecule has 0 unspecified atom stereocenters. The molecule has 0 aliphatic carbocycles. The average molecular weight is 159 g/mol. The molecule has 0 atom stereocenters. The third-order valence-corrected chi connectivity index (χ3v) is 2.06. The largest absolute Gasteiger partial charge is 0.493 e. The van der Waals surface area contributed by atoms with E-state index in [1.165, 1.54) is 7.05 Å². The zero-order valence-electron chi connectivity index (χ0n) is 5.20. The molecule has 4 nitrogen and oxygen atoms in total. The van der Waals surface area contributed by atoms with E-state index in [2.05, 4.69) is 0 Å². The molecular weight excluding hydrogens is 154 g/mol. The van der Waals surface area contributed by atoms with Crippen LogP contribution in [0.5, 0.6) is 5.88 Å². The number of hydrogen-bond acceptors (Lipinski definition) is 4. The molecule has 0 radical (unpaired) electrons. The SMILES string of the molecule is Cn1c(O)c(C=O)sc1=O. The average Bonchev–Trinajstić information content (AvgIpc) is 2.17. The minimum absolute atomic E-state index is 0.0764. The molecule has 1 aromatic rings. The number of hydrogen-bond donors (Lipinski definition) is 1. The van der Waals surface area contributed by atoms with Crippen LogP contribution in [0.2, 0.25) is 0 Å². The quantitative estimate of drug-likeness (QED) is 0.585. The van der Waals surface area contributed by atoms with E-state index in [4.69, 9.17) is 5.11 Å². The fourth-order valence-electron chi connectivity index (χ4n) is 0.537. The molecule has 0 amide bonds. The Labute approximate surface area is 60.3 Å². The molecule has 0 spiro atoms. The molecule has 1 rings (SSSR count). The minimum Gasteiger partial charge on any atom is -0.493 e. The number of nitrogens with zero attached hydrogens (tertiary/aromatic N) is 1. The van der Waals surface area contributed by atoms with Gasteiger partial charge in [-0.1, -0.05) is 11.3 Å². The third-order valence-electron chi connectivity index (χ3n) is 1.12. The second kappa shape index (κ2) is 2.26. The van der Waals surface area contributed by atoms with E-state index in [9.17, 15) is 9.59 Å². The van der Waals surface area contributed by atoms with E-state index >= 15 is 0 Å². The Hall–Kier alpha value is -1.10. The van der Waals surface area contributed by atoms with Crippen molar-refractivity contribution in [3.05, 3.63) is 14.5 Å². The lowest BCUT2D eigenvalue weighted by Crippen LogP contribution is -2.05. The maximum atomic E-state index is 10.7. The normalized spacial score (nSPS) is 9.70. The van der Waals surface area contributed by atoms with Gasteiger partial charge in [-0.3, -0.25) is 14.2 Å². The number of rotatable bonds is 1. The lowest BCUT2D eigenvalue weighted by molar-refractivity contribution is 0.112. The van der Waals surface area contributed by atoms with Crippen LogP contribution in [0.4, 0.5) is 0 Å². The minimum atomic E-state index is -0.334. The molecule has 1 N–H and O–H groups in total. The summed E-state index contributed by atoms with van der Waals surface area (Å²) in [6.07, 6.45) is 0.460. The molecule has 1 heterocycles. The molecule has 0 saturated heterocycles. The lowest BCUT2D eigenvalue weighted by Gasteiger charge is -1.88. The van der Waals surface area contributed by atoms with Crippen LogP contribution in [-0.4, -0.2) is 16.0 Å². The van der Waals surface area contributed by atoms with Crippen LogP contribution in [0.25, 0.3) is 0 Å². The smallest absolute Gasteiger partial charge is 0.310 e. The molecule has 10 heavy (non-hydrogen) atoms. The predicted molar refractivity (Wildman–Crippen MR) is 36.6 cm³/mol. The van der Waals surface area contributed by atoms with Crippen molar-refractivity contribution >= 4 is 17.6 Å². The van der Waals surface area contributed by atoms with Gasteiger partial charge in [0.15, 0.2) is 6.29 Å². The highest BCUT2D eigenvalue weighted by Gasteiger charge is 2.08. The summed E-state index contributed by atoms with van der Waals surface area (Å²) in [5.41, 5.74) is 0. The van der Waals surface area contributed by atoms with Crippen LogP contribution in [-0.2, 0) is 7.05 Å². The van der Waals surface area contributed by atoms with Gasteiger partial charge in [0.1, 0.15) is 4.88 Å². The van der Waals surface area contributed by atoms with Crippen molar-refractivity contribution in [2.75, 3.05) is 0 Å². The van der Waals surface area contributed by atoms with Gasteiger partial charge < -0.3 is 5.11 Å². The summed E-state index contributed by atoms with van der Waals surface area (Å²) in [6.45, 7) is 0. The molecule has 0 fully saturated rings. The molecule has 5 heteroatoms. The third kappa shape index (κ3) is 0.841. The molecular formula is C5H5NO3S. The Morgan fingerprint density at radius 1 is 1.70 bits per heavy atom. The van der Waals surface area contributed by atoms with E-state index in [1.54, 1.807) is 0 Å². The van der Waals surface area contributed by atoms with E-state index in [0.29, 0.717) is 6.29 Å². The van der Waals surface area contributed by atoms with Gasteiger partial charge in [-0.15, -0.1) is 0 Å². The van der Waals surface area contributed by atoms with Crippen molar-refractivity contribution in [1.29, 1.82) is 0 Å².